The van der Waals surface area contributed by atoms with Crippen LogP contribution in [0.25, 0.3) is 6.08 Å². The fraction of sp³-hybridized carbons (Fsp3) is 0.375. The van der Waals surface area contributed by atoms with Gasteiger partial charge in [-0.1, -0.05) is 41.5 Å². The van der Waals surface area contributed by atoms with Gasteiger partial charge in [0.25, 0.3) is 0 Å². The van der Waals surface area contributed by atoms with Gasteiger partial charge in [0.15, 0.2) is 0 Å². The van der Waals surface area contributed by atoms with Crippen LogP contribution < -0.4 is 5.73 Å². The fourth-order valence-corrected chi connectivity index (χ4v) is 1.58. The second-order valence-corrected chi connectivity index (χ2v) is 4.78. The maximum Gasteiger partial charge on any atom is 0.0802 e. The van der Waals surface area contributed by atoms with Gasteiger partial charge in [0.1, 0.15) is 0 Å². The molecule has 0 saturated heterocycles. The molecule has 0 aromatic heterocycles. The van der Waals surface area contributed by atoms with Gasteiger partial charge in [-0.25, -0.2) is 0 Å². The van der Waals surface area contributed by atoms with Crippen molar-refractivity contribution < 1.29 is 5.11 Å². The molecule has 0 radical (unpaired) electrons. The van der Waals surface area contributed by atoms with E-state index in [9.17, 15) is 5.11 Å². The number of allylic oxidation sites excluding steroid dienone is 3. The Hall–Kier alpha value is -1.38. The number of aliphatic hydroxyl groups excluding tert-OH is 1. The van der Waals surface area contributed by atoms with E-state index >= 15 is 0 Å². The van der Waals surface area contributed by atoms with Crippen molar-refractivity contribution in [3.8, 4) is 0 Å². The molecule has 0 bridgehead atoms. The summed E-state index contributed by atoms with van der Waals surface area (Å²) >= 11 is 0. The Labute approximate surface area is 110 Å². The normalized spacial score (nSPS) is 12.7. The smallest absolute Gasteiger partial charge is 0.0802 e. The summed E-state index contributed by atoms with van der Waals surface area (Å²) in [5, 5.41) is 9.90. The van der Waals surface area contributed by atoms with Gasteiger partial charge >= 0.3 is 0 Å². The predicted octanol–water partition coefficient (Wildman–Crippen LogP) is 3.44. The highest BCUT2D eigenvalue weighted by Crippen LogP contribution is 2.18. The van der Waals surface area contributed by atoms with E-state index in [2.05, 4.69) is 32.9 Å². The molecule has 1 atom stereocenters. The molecule has 18 heavy (non-hydrogen) atoms. The number of benzene rings is 1. The molecule has 0 aliphatic heterocycles. The van der Waals surface area contributed by atoms with Crippen LogP contribution in [0.1, 0.15) is 44.4 Å². The molecule has 98 valence electrons. The molecule has 3 N–H and O–H groups in total. The zero-order chi connectivity index (χ0) is 13.5. The third kappa shape index (κ3) is 4.47. The SMILES string of the molecule is CC(C)=C(C)C=Cc1cccc(C(O)CCN)c1. The van der Waals surface area contributed by atoms with Gasteiger partial charge in [0.2, 0.25) is 0 Å². The number of nitrogens with two attached hydrogens (primary N) is 1. The van der Waals surface area contributed by atoms with E-state index in [1.807, 2.05) is 24.3 Å². The molecule has 2 heteroatoms. The lowest BCUT2D eigenvalue weighted by Crippen LogP contribution is -2.06. The minimum absolute atomic E-state index is 0.465. The van der Waals surface area contributed by atoms with E-state index in [4.69, 9.17) is 5.73 Å². The van der Waals surface area contributed by atoms with Crippen molar-refractivity contribution in [1.29, 1.82) is 0 Å². The molecule has 0 spiro atoms. The molecular formula is C16H23NO. The van der Waals surface area contributed by atoms with Gasteiger partial charge in [0.05, 0.1) is 6.10 Å². The van der Waals surface area contributed by atoms with E-state index in [-0.39, 0.29) is 0 Å². The van der Waals surface area contributed by atoms with Crippen LogP contribution in [0.3, 0.4) is 0 Å². The number of hydrogen-bond acceptors (Lipinski definition) is 2. The lowest BCUT2D eigenvalue weighted by Gasteiger charge is -2.10. The third-order valence-corrected chi connectivity index (χ3v) is 3.05. The van der Waals surface area contributed by atoms with E-state index in [0.717, 1.165) is 11.1 Å². The van der Waals surface area contributed by atoms with Crippen LogP contribution in [-0.4, -0.2) is 11.7 Å². The minimum atomic E-state index is -0.465. The lowest BCUT2D eigenvalue weighted by atomic mass is 10.0. The van der Waals surface area contributed by atoms with Gasteiger partial charge in [-0.05, 0) is 50.9 Å². The Morgan fingerprint density at radius 1 is 1.33 bits per heavy atom. The zero-order valence-electron chi connectivity index (χ0n) is 11.5. The quantitative estimate of drug-likeness (QED) is 0.781. The molecule has 0 aliphatic carbocycles. The first-order valence-corrected chi connectivity index (χ1v) is 6.35. The maximum absolute atomic E-state index is 9.90. The van der Waals surface area contributed by atoms with Gasteiger partial charge in [0, 0.05) is 0 Å². The van der Waals surface area contributed by atoms with Crippen LogP contribution in [0, 0.1) is 0 Å². The van der Waals surface area contributed by atoms with Gasteiger partial charge < -0.3 is 10.8 Å². The van der Waals surface area contributed by atoms with Crippen molar-refractivity contribution in [1.82, 2.24) is 0 Å². The first-order chi connectivity index (χ1) is 8.54. The van der Waals surface area contributed by atoms with Crippen molar-refractivity contribution in [2.24, 2.45) is 5.73 Å². The summed E-state index contributed by atoms with van der Waals surface area (Å²) < 4.78 is 0. The molecule has 0 fully saturated rings. The highest BCUT2D eigenvalue weighted by Gasteiger charge is 2.05. The molecule has 1 rings (SSSR count). The van der Waals surface area contributed by atoms with Crippen molar-refractivity contribution in [2.45, 2.75) is 33.3 Å². The molecule has 1 aromatic rings. The maximum atomic E-state index is 9.90. The number of hydrogen-bond donors (Lipinski definition) is 2. The average Bonchev–Trinajstić information content (AvgIpc) is 2.36. The monoisotopic (exact) mass is 245 g/mol. The van der Waals surface area contributed by atoms with Crippen LogP contribution in [0.5, 0.6) is 0 Å². The Morgan fingerprint density at radius 3 is 2.67 bits per heavy atom. The lowest BCUT2D eigenvalue weighted by molar-refractivity contribution is 0.170. The van der Waals surface area contributed by atoms with Crippen molar-refractivity contribution in [2.75, 3.05) is 6.54 Å². The highest BCUT2D eigenvalue weighted by atomic mass is 16.3. The Kier molecular flexibility index (Phi) is 5.83. The van der Waals surface area contributed by atoms with Crippen LogP contribution >= 0.6 is 0 Å². The van der Waals surface area contributed by atoms with Gasteiger partial charge in [-0.2, -0.15) is 0 Å². The van der Waals surface area contributed by atoms with Crippen LogP contribution in [0.2, 0.25) is 0 Å². The predicted molar refractivity (Wildman–Crippen MR) is 78.2 cm³/mol. The number of rotatable bonds is 5. The summed E-state index contributed by atoms with van der Waals surface area (Å²) in [5.74, 6) is 0. The molecule has 1 aromatic carbocycles. The number of aliphatic hydroxyl groups is 1. The molecule has 2 nitrogen and oxygen atoms in total. The van der Waals surface area contributed by atoms with E-state index in [1.54, 1.807) is 0 Å². The first kappa shape index (κ1) is 14.7. The average molecular weight is 245 g/mol. The van der Waals surface area contributed by atoms with Gasteiger partial charge in [-0.15, -0.1) is 0 Å². The van der Waals surface area contributed by atoms with Crippen molar-refractivity contribution >= 4 is 6.08 Å². The fourth-order valence-electron chi connectivity index (χ4n) is 1.58. The van der Waals surface area contributed by atoms with Crippen molar-refractivity contribution in [3.05, 3.63) is 52.6 Å². The minimum Gasteiger partial charge on any atom is -0.388 e. The first-order valence-electron chi connectivity index (χ1n) is 6.35. The second kappa shape index (κ2) is 7.14. The molecule has 0 amide bonds. The Morgan fingerprint density at radius 2 is 2.06 bits per heavy atom. The molecule has 0 aliphatic rings. The second-order valence-electron chi connectivity index (χ2n) is 4.78. The van der Waals surface area contributed by atoms with E-state index < -0.39 is 6.10 Å². The van der Waals surface area contributed by atoms with E-state index in [1.165, 1.54) is 11.1 Å². The topological polar surface area (TPSA) is 46.2 Å². The molecule has 0 saturated carbocycles. The summed E-state index contributed by atoms with van der Waals surface area (Å²) in [6.07, 6.45) is 4.30. The summed E-state index contributed by atoms with van der Waals surface area (Å²) in [7, 11) is 0. The van der Waals surface area contributed by atoms with Crippen molar-refractivity contribution in [3.63, 3.8) is 0 Å². The van der Waals surface area contributed by atoms with Gasteiger partial charge in [-0.3, -0.25) is 0 Å². The van der Waals surface area contributed by atoms with E-state index in [0.29, 0.717) is 13.0 Å². The molecule has 0 heterocycles. The highest BCUT2D eigenvalue weighted by molar-refractivity contribution is 5.54. The zero-order valence-corrected chi connectivity index (χ0v) is 11.5. The largest absolute Gasteiger partial charge is 0.388 e. The Bertz CT molecular complexity index is 442. The molecule has 1 unspecified atom stereocenters. The summed E-state index contributed by atoms with van der Waals surface area (Å²) in [6, 6.07) is 7.95. The van der Waals surface area contributed by atoms with Crippen LogP contribution in [0.15, 0.2) is 41.5 Å². The summed E-state index contributed by atoms with van der Waals surface area (Å²) in [6.45, 7) is 6.79. The third-order valence-electron chi connectivity index (χ3n) is 3.05. The Balaban J connectivity index is 2.86. The van der Waals surface area contributed by atoms with Crippen LogP contribution in [-0.2, 0) is 0 Å². The summed E-state index contributed by atoms with van der Waals surface area (Å²) in [5.41, 5.74) is 10.1. The molecular weight excluding hydrogens is 222 g/mol. The summed E-state index contributed by atoms with van der Waals surface area (Å²) in [4.78, 5) is 0. The standard InChI is InChI=1S/C16H23NO/c1-12(2)13(3)7-8-14-5-4-6-15(11-14)16(18)9-10-17/h4-8,11,16,18H,9-10,17H2,1-3H3. The van der Waals surface area contributed by atoms with Crippen LogP contribution in [0.4, 0.5) is 0 Å².